The van der Waals surface area contributed by atoms with E-state index in [1.54, 1.807) is 19.2 Å². The molecule has 1 atom stereocenters. The third kappa shape index (κ3) is 4.43. The Bertz CT molecular complexity index is 1030. The largest absolute Gasteiger partial charge is 0.386 e. The highest BCUT2D eigenvalue weighted by molar-refractivity contribution is 7.93. The van der Waals surface area contributed by atoms with Gasteiger partial charge >= 0.3 is 6.03 Å². The molecular formula is C19H26N4O3S2. The Morgan fingerprint density at radius 2 is 2.11 bits per heavy atom. The van der Waals surface area contributed by atoms with Crippen molar-refractivity contribution >= 4 is 33.0 Å². The van der Waals surface area contributed by atoms with Gasteiger partial charge in [0.15, 0.2) is 9.92 Å². The number of aliphatic hydroxyl groups is 1. The molecule has 2 heterocycles. The number of nitrogens with two attached hydrogens (primary N) is 1. The quantitative estimate of drug-likeness (QED) is 0.692. The molecule has 0 spiro atoms. The fraction of sp³-hybridized carbons (Fsp3) is 0.474. The van der Waals surface area contributed by atoms with E-state index in [9.17, 15) is 14.1 Å². The molecule has 28 heavy (non-hydrogen) atoms. The number of thiophene rings is 1. The Labute approximate surface area is 169 Å². The van der Waals surface area contributed by atoms with Crippen LogP contribution >= 0.6 is 11.3 Å². The fourth-order valence-corrected chi connectivity index (χ4v) is 5.35. The summed E-state index contributed by atoms with van der Waals surface area (Å²) in [4.78, 5) is 17.2. The van der Waals surface area contributed by atoms with Gasteiger partial charge in [0.05, 0.1) is 5.60 Å². The van der Waals surface area contributed by atoms with E-state index in [1.165, 1.54) is 6.07 Å². The maximum atomic E-state index is 12.8. The molecule has 0 aliphatic heterocycles. The number of fused-ring (bicyclic) bond motifs is 1. The second-order valence-electron chi connectivity index (χ2n) is 7.83. The first-order valence-corrected chi connectivity index (χ1v) is 11.6. The van der Waals surface area contributed by atoms with Crippen LogP contribution in [0.15, 0.2) is 26.1 Å². The lowest BCUT2D eigenvalue weighted by Crippen LogP contribution is -2.18. The summed E-state index contributed by atoms with van der Waals surface area (Å²) in [6, 6.07) is 2.64. The zero-order chi connectivity index (χ0) is 20.7. The minimum Gasteiger partial charge on any atom is -0.386 e. The molecule has 0 saturated heterocycles. The van der Waals surface area contributed by atoms with Gasteiger partial charge in [-0.1, -0.05) is 13.8 Å². The number of aryl methyl sites for hydroxylation is 1. The van der Waals surface area contributed by atoms with Gasteiger partial charge < -0.3 is 10.4 Å². The van der Waals surface area contributed by atoms with Gasteiger partial charge in [-0.05, 0) is 67.7 Å². The van der Waals surface area contributed by atoms with Gasteiger partial charge in [-0.2, -0.15) is 0 Å². The molecule has 2 amide bonds. The van der Waals surface area contributed by atoms with Crippen molar-refractivity contribution in [2.75, 3.05) is 5.32 Å². The molecule has 4 N–H and O–H groups in total. The molecule has 152 valence electrons. The molecule has 0 bridgehead atoms. The van der Waals surface area contributed by atoms with E-state index in [0.717, 1.165) is 47.6 Å². The van der Waals surface area contributed by atoms with Crippen LogP contribution in [0, 0.1) is 0 Å². The first-order valence-electron chi connectivity index (χ1n) is 9.17. The number of nitrogens with zero attached hydrogens (tertiary/aromatic N) is 2. The summed E-state index contributed by atoms with van der Waals surface area (Å²) in [5.74, 6) is 0.226. The minimum atomic E-state index is -3.40. The van der Waals surface area contributed by atoms with E-state index in [1.807, 2.05) is 19.9 Å². The molecule has 9 heteroatoms. The van der Waals surface area contributed by atoms with Crippen LogP contribution in [-0.4, -0.2) is 20.3 Å². The van der Waals surface area contributed by atoms with Crippen LogP contribution in [0.4, 0.5) is 10.5 Å². The highest BCUT2D eigenvalue weighted by Crippen LogP contribution is 2.31. The van der Waals surface area contributed by atoms with Crippen molar-refractivity contribution in [2.45, 2.75) is 62.7 Å². The zero-order valence-corrected chi connectivity index (χ0v) is 18.1. The average molecular weight is 423 g/mol. The Kier molecular flexibility index (Phi) is 5.64. The Balaban J connectivity index is 1.89. The van der Waals surface area contributed by atoms with E-state index >= 15 is 0 Å². The van der Waals surface area contributed by atoms with E-state index in [-0.39, 0.29) is 10.1 Å². The number of aromatic nitrogens is 1. The van der Waals surface area contributed by atoms with Gasteiger partial charge in [0.1, 0.15) is 4.21 Å². The van der Waals surface area contributed by atoms with E-state index in [2.05, 4.69) is 14.7 Å². The lowest BCUT2D eigenvalue weighted by atomic mass is 10.0. The van der Waals surface area contributed by atoms with Crippen molar-refractivity contribution in [1.29, 1.82) is 0 Å². The Morgan fingerprint density at radius 3 is 2.71 bits per heavy atom. The summed E-state index contributed by atoms with van der Waals surface area (Å²) < 4.78 is 16.8. The second kappa shape index (κ2) is 7.55. The minimum absolute atomic E-state index is 0.226. The first kappa shape index (κ1) is 20.9. The molecule has 1 aliphatic carbocycles. The number of amides is 2. The third-order valence-corrected chi connectivity index (χ3v) is 7.55. The summed E-state index contributed by atoms with van der Waals surface area (Å²) in [5, 5.41) is 20.3. The standard InChI is InChI=1S/C19H26N4O3S2/c1-11(2)15-9-16(13-6-5-7-14(13)21-15)22-18(24)23-28(20,26)17-8-12(10-27-17)19(3,4)25/h8-11,25H,5-7H2,1-4H3,(H3,20,21,22,23,24,26)/t28-/m1/s1. The van der Waals surface area contributed by atoms with Crippen molar-refractivity contribution in [1.82, 2.24) is 4.98 Å². The Hall–Kier alpha value is -1.81. The van der Waals surface area contributed by atoms with Gasteiger partial charge in [-0.3, -0.25) is 4.98 Å². The number of pyridine rings is 1. The zero-order valence-electron chi connectivity index (χ0n) is 16.5. The molecule has 0 radical (unpaired) electrons. The molecule has 0 fully saturated rings. The van der Waals surface area contributed by atoms with Gasteiger partial charge in [-0.15, -0.1) is 15.7 Å². The van der Waals surface area contributed by atoms with E-state index < -0.39 is 21.5 Å². The molecule has 1 aliphatic rings. The first-order chi connectivity index (χ1) is 13.0. The van der Waals surface area contributed by atoms with Gasteiger partial charge in [0.25, 0.3) is 0 Å². The number of urea groups is 1. The number of hydrogen-bond donors (Lipinski definition) is 3. The number of hydrogen-bond acceptors (Lipinski definition) is 5. The summed E-state index contributed by atoms with van der Waals surface area (Å²) in [7, 11) is -3.40. The van der Waals surface area contributed by atoms with Gasteiger partial charge in [0, 0.05) is 17.1 Å². The summed E-state index contributed by atoms with van der Waals surface area (Å²) in [6.07, 6.45) is 2.72. The molecule has 0 unspecified atom stereocenters. The molecule has 2 aromatic heterocycles. The molecule has 0 saturated carbocycles. The van der Waals surface area contributed by atoms with Crippen molar-refractivity contribution < 1.29 is 14.1 Å². The predicted octanol–water partition coefficient (Wildman–Crippen LogP) is 3.92. The molecule has 7 nitrogen and oxygen atoms in total. The van der Waals surface area contributed by atoms with E-state index in [0.29, 0.717) is 11.3 Å². The smallest absolute Gasteiger partial charge is 0.354 e. The summed E-state index contributed by atoms with van der Waals surface area (Å²) in [5.41, 5.74) is 3.07. The molecule has 0 aromatic carbocycles. The van der Waals surface area contributed by atoms with Crippen LogP contribution in [-0.2, 0) is 28.4 Å². The highest BCUT2D eigenvalue weighted by atomic mass is 32.2. The number of anilines is 1. The van der Waals surface area contributed by atoms with Crippen LogP contribution in [0.5, 0.6) is 0 Å². The van der Waals surface area contributed by atoms with Gasteiger partial charge in [0.2, 0.25) is 0 Å². The lowest BCUT2D eigenvalue weighted by molar-refractivity contribution is 0.0789. The predicted molar refractivity (Wildman–Crippen MR) is 112 cm³/mol. The van der Waals surface area contributed by atoms with Crippen LogP contribution in [0.2, 0.25) is 0 Å². The third-order valence-electron chi connectivity index (χ3n) is 4.69. The molecule has 2 aromatic rings. The number of rotatable bonds is 4. The lowest BCUT2D eigenvalue weighted by Gasteiger charge is -2.14. The Morgan fingerprint density at radius 1 is 1.39 bits per heavy atom. The monoisotopic (exact) mass is 422 g/mol. The molecular weight excluding hydrogens is 396 g/mol. The van der Waals surface area contributed by atoms with Crippen molar-refractivity contribution in [3.8, 4) is 0 Å². The van der Waals surface area contributed by atoms with Crippen molar-refractivity contribution in [2.24, 2.45) is 9.50 Å². The van der Waals surface area contributed by atoms with Crippen molar-refractivity contribution in [3.63, 3.8) is 0 Å². The topological polar surface area (TPSA) is 118 Å². The maximum absolute atomic E-state index is 12.8. The van der Waals surface area contributed by atoms with Crippen LogP contribution in [0.25, 0.3) is 0 Å². The summed E-state index contributed by atoms with van der Waals surface area (Å²) >= 11 is 1.11. The molecule has 3 rings (SSSR count). The summed E-state index contributed by atoms with van der Waals surface area (Å²) in [6.45, 7) is 7.33. The second-order valence-corrected chi connectivity index (χ2v) is 10.8. The average Bonchev–Trinajstić information content (AvgIpc) is 3.23. The highest BCUT2D eigenvalue weighted by Gasteiger charge is 2.23. The maximum Gasteiger partial charge on any atom is 0.354 e. The normalized spacial score (nSPS) is 16.0. The number of nitrogens with one attached hydrogen (secondary N) is 1. The number of carbonyl (C=O) groups is 1. The fourth-order valence-electron chi connectivity index (χ4n) is 3.07. The SMILES string of the molecule is CC(C)c1cc(NC(=O)N=[S@@](N)(=O)c2cc(C(C)(C)O)cs2)c2c(n1)CCC2. The van der Waals surface area contributed by atoms with Gasteiger partial charge in [-0.25, -0.2) is 14.1 Å². The van der Waals surface area contributed by atoms with E-state index in [4.69, 9.17) is 5.14 Å². The van der Waals surface area contributed by atoms with Crippen LogP contribution < -0.4 is 10.5 Å². The van der Waals surface area contributed by atoms with Crippen LogP contribution in [0.3, 0.4) is 0 Å². The van der Waals surface area contributed by atoms with Crippen LogP contribution in [0.1, 0.15) is 62.5 Å². The van der Waals surface area contributed by atoms with Crippen molar-refractivity contribution in [3.05, 3.63) is 40.0 Å². The number of carbonyl (C=O) groups excluding carboxylic acids is 1.